The van der Waals surface area contributed by atoms with Gasteiger partial charge in [-0.05, 0) is 47.0 Å². The van der Waals surface area contributed by atoms with Crippen LogP contribution in [0.2, 0.25) is 0 Å². The van der Waals surface area contributed by atoms with Crippen molar-refractivity contribution in [1.29, 1.82) is 0 Å². The van der Waals surface area contributed by atoms with Crippen molar-refractivity contribution in [3.63, 3.8) is 0 Å². The van der Waals surface area contributed by atoms with E-state index in [9.17, 15) is 15.0 Å². The monoisotopic (exact) mass is 463 g/mol. The molecule has 24 heavy (non-hydrogen) atoms. The average molecular weight is 465 g/mol. The van der Waals surface area contributed by atoms with Crippen LogP contribution in [0, 0.1) is 5.92 Å². The molecule has 1 saturated carbocycles. The van der Waals surface area contributed by atoms with E-state index in [0.29, 0.717) is 23.0 Å². The van der Waals surface area contributed by atoms with E-state index in [-0.39, 0.29) is 0 Å². The Hall–Kier alpha value is -0.510. The van der Waals surface area contributed by atoms with Crippen LogP contribution in [-0.2, 0) is 14.3 Å². The van der Waals surface area contributed by atoms with Crippen molar-refractivity contribution in [3.8, 4) is 0 Å². The highest BCUT2D eigenvalue weighted by atomic mass is 79.9. The fourth-order valence-corrected chi connectivity index (χ4v) is 4.29. The summed E-state index contributed by atoms with van der Waals surface area (Å²) in [6.45, 7) is 0. The van der Waals surface area contributed by atoms with E-state index in [2.05, 4.69) is 37.2 Å². The molecule has 132 valence electrons. The van der Waals surface area contributed by atoms with Gasteiger partial charge in [0.15, 0.2) is 18.4 Å². The van der Waals surface area contributed by atoms with Gasteiger partial charge in [0, 0.05) is 21.8 Å². The molecule has 1 heterocycles. The summed E-state index contributed by atoms with van der Waals surface area (Å²) in [7, 11) is 0. The van der Waals surface area contributed by atoms with E-state index in [1.807, 2.05) is 0 Å². The summed E-state index contributed by atoms with van der Waals surface area (Å²) in [5.74, 6) is -2.76. The third-order valence-electron chi connectivity index (χ3n) is 4.39. The number of carbonyl (C=O) groups is 1. The van der Waals surface area contributed by atoms with Gasteiger partial charge in [-0.3, -0.25) is 4.79 Å². The summed E-state index contributed by atoms with van der Waals surface area (Å²) < 4.78 is 12.7. The van der Waals surface area contributed by atoms with Gasteiger partial charge in [0.05, 0.1) is 5.69 Å². The van der Waals surface area contributed by atoms with Crippen LogP contribution in [0.15, 0.2) is 27.1 Å². The minimum absolute atomic E-state index is 0.528. The van der Waals surface area contributed by atoms with Gasteiger partial charge < -0.3 is 25.0 Å². The third kappa shape index (κ3) is 3.84. The molecule has 1 aliphatic heterocycles. The zero-order valence-corrected chi connectivity index (χ0v) is 16.0. The van der Waals surface area contributed by atoms with E-state index in [1.54, 1.807) is 18.2 Å². The summed E-state index contributed by atoms with van der Waals surface area (Å²) in [5.41, 5.74) is 0.528. The molecule has 0 radical (unpaired) electrons. The second-order valence-electron chi connectivity index (χ2n) is 6.13. The highest BCUT2D eigenvalue weighted by Gasteiger charge is 2.50. The van der Waals surface area contributed by atoms with E-state index in [1.165, 1.54) is 0 Å². The number of nitrogens with one attached hydrogen (secondary N) is 1. The molecule has 2 atom stereocenters. The number of hydrogen-bond acceptors (Lipinski definition) is 5. The summed E-state index contributed by atoms with van der Waals surface area (Å²) >= 11 is 6.69. The van der Waals surface area contributed by atoms with Gasteiger partial charge in [0.1, 0.15) is 5.92 Å². The van der Waals surface area contributed by atoms with Gasteiger partial charge in [0.25, 0.3) is 0 Å². The normalized spacial score (nSPS) is 29.4. The molecule has 2 fully saturated rings. The number of anilines is 1. The van der Waals surface area contributed by atoms with Crippen molar-refractivity contribution in [2.75, 3.05) is 5.32 Å². The van der Waals surface area contributed by atoms with Crippen LogP contribution >= 0.6 is 31.9 Å². The Morgan fingerprint density at radius 3 is 2.33 bits per heavy atom. The van der Waals surface area contributed by atoms with Crippen molar-refractivity contribution in [2.45, 2.75) is 50.5 Å². The molecule has 3 rings (SSSR count). The summed E-state index contributed by atoms with van der Waals surface area (Å²) in [4.78, 5) is 12.5. The highest BCUT2D eigenvalue weighted by molar-refractivity contribution is 9.11. The molecule has 1 aromatic rings. The molecule has 1 spiro atoms. The largest absolute Gasteiger partial charge is 0.367 e. The van der Waals surface area contributed by atoms with Crippen molar-refractivity contribution < 1.29 is 24.5 Å². The minimum Gasteiger partial charge on any atom is -0.367 e. The number of benzene rings is 1. The fraction of sp³-hybridized carbons (Fsp3) is 0.562. The topological polar surface area (TPSA) is 88.0 Å². The summed E-state index contributed by atoms with van der Waals surface area (Å²) in [6, 6.07) is 5.27. The van der Waals surface area contributed by atoms with Crippen LogP contribution < -0.4 is 5.32 Å². The second-order valence-corrected chi connectivity index (χ2v) is 7.90. The number of aliphatic hydroxyl groups excluding tert-OH is 2. The van der Waals surface area contributed by atoms with E-state index >= 15 is 0 Å². The molecule has 2 aliphatic rings. The number of ether oxygens (including phenoxy) is 2. The number of rotatable bonds is 2. The maximum atomic E-state index is 12.5. The Morgan fingerprint density at radius 2 is 1.75 bits per heavy atom. The van der Waals surface area contributed by atoms with Gasteiger partial charge in [-0.15, -0.1) is 0 Å². The molecule has 1 amide bonds. The number of hydrogen-bond donors (Lipinski definition) is 3. The van der Waals surface area contributed by atoms with E-state index < -0.39 is 30.2 Å². The van der Waals surface area contributed by atoms with Crippen LogP contribution in [-0.4, -0.2) is 34.5 Å². The quantitative estimate of drug-likeness (QED) is 0.625. The van der Waals surface area contributed by atoms with E-state index in [0.717, 1.165) is 23.7 Å². The first-order valence-corrected chi connectivity index (χ1v) is 9.46. The molecule has 1 saturated heterocycles. The first-order valence-electron chi connectivity index (χ1n) is 7.88. The van der Waals surface area contributed by atoms with Crippen LogP contribution in [0.1, 0.15) is 32.1 Å². The predicted octanol–water partition coefficient (Wildman–Crippen LogP) is 3.11. The van der Waals surface area contributed by atoms with Gasteiger partial charge >= 0.3 is 0 Å². The second kappa shape index (κ2) is 7.39. The molecule has 0 bridgehead atoms. The Kier molecular flexibility index (Phi) is 5.63. The first kappa shape index (κ1) is 18.3. The van der Waals surface area contributed by atoms with Crippen molar-refractivity contribution >= 4 is 43.5 Å². The van der Waals surface area contributed by atoms with Gasteiger partial charge in [-0.1, -0.05) is 22.4 Å². The smallest absolute Gasteiger partial charge is 0.237 e. The lowest BCUT2D eigenvalue weighted by Crippen LogP contribution is -2.57. The number of carbonyl (C=O) groups excluding carboxylic acids is 1. The first-order chi connectivity index (χ1) is 11.4. The van der Waals surface area contributed by atoms with E-state index in [4.69, 9.17) is 9.47 Å². The maximum Gasteiger partial charge on any atom is 0.237 e. The van der Waals surface area contributed by atoms with Crippen LogP contribution in [0.5, 0.6) is 0 Å². The maximum absolute atomic E-state index is 12.5. The Labute approximate surface area is 156 Å². The zero-order chi connectivity index (χ0) is 17.3. The summed E-state index contributed by atoms with van der Waals surface area (Å²) in [6.07, 6.45) is 1.26. The van der Waals surface area contributed by atoms with Crippen LogP contribution in [0.25, 0.3) is 0 Å². The minimum atomic E-state index is -1.42. The molecule has 1 aromatic carbocycles. The molecule has 0 aromatic heterocycles. The van der Waals surface area contributed by atoms with Crippen LogP contribution in [0.4, 0.5) is 5.69 Å². The lowest BCUT2D eigenvalue weighted by Gasteiger charge is -2.46. The average Bonchev–Trinajstić information content (AvgIpc) is 2.50. The lowest BCUT2D eigenvalue weighted by atomic mass is 9.92. The molecule has 6 nitrogen and oxygen atoms in total. The number of amides is 1. The zero-order valence-electron chi connectivity index (χ0n) is 12.9. The SMILES string of the molecule is O=C(Nc1ccc(Br)cc1Br)C1C(O)OC2(CCCCC2)OC1O. The molecule has 8 heteroatoms. The third-order valence-corrected chi connectivity index (χ3v) is 5.54. The molecular formula is C16H19Br2NO5. The number of halogens is 2. The van der Waals surface area contributed by atoms with Gasteiger partial charge in [0.2, 0.25) is 5.91 Å². The lowest BCUT2D eigenvalue weighted by molar-refractivity contribution is -0.410. The molecule has 1 aliphatic carbocycles. The van der Waals surface area contributed by atoms with Crippen LogP contribution in [0.3, 0.4) is 0 Å². The Balaban J connectivity index is 1.71. The van der Waals surface area contributed by atoms with Crippen molar-refractivity contribution in [1.82, 2.24) is 0 Å². The highest BCUT2D eigenvalue weighted by Crippen LogP contribution is 2.40. The fourth-order valence-electron chi connectivity index (χ4n) is 3.15. The molecule has 2 unspecified atom stereocenters. The number of aliphatic hydroxyl groups is 2. The van der Waals surface area contributed by atoms with Crippen molar-refractivity contribution in [3.05, 3.63) is 27.1 Å². The molecule has 3 N–H and O–H groups in total. The predicted molar refractivity (Wildman–Crippen MR) is 94.0 cm³/mol. The Morgan fingerprint density at radius 1 is 1.12 bits per heavy atom. The molecular weight excluding hydrogens is 446 g/mol. The van der Waals surface area contributed by atoms with Gasteiger partial charge in [-0.25, -0.2) is 0 Å². The summed E-state index contributed by atoms with van der Waals surface area (Å²) in [5, 5.41) is 23.2. The Bertz CT molecular complexity index is 606. The van der Waals surface area contributed by atoms with Crippen molar-refractivity contribution in [2.24, 2.45) is 5.92 Å². The van der Waals surface area contributed by atoms with Gasteiger partial charge in [-0.2, -0.15) is 0 Å². The standard InChI is InChI=1S/C16H19Br2NO5/c17-9-4-5-11(10(18)8-9)19-13(20)12-14(21)23-16(24-15(12)22)6-2-1-3-7-16/h4-5,8,12,14-15,21-22H,1-3,6-7H2,(H,19,20).